The molecule has 1 aromatic carbocycles. The van der Waals surface area contributed by atoms with Gasteiger partial charge in [-0.3, -0.25) is 0 Å². The molecule has 0 heterocycles. The maximum Gasteiger partial charge on any atom is 0.122 e. The van der Waals surface area contributed by atoms with Crippen molar-refractivity contribution in [3.05, 3.63) is 28.8 Å². The van der Waals surface area contributed by atoms with Crippen LogP contribution in [0, 0.1) is 13.8 Å². The predicted molar refractivity (Wildman–Crippen MR) is 81.1 cm³/mol. The quantitative estimate of drug-likeness (QED) is 0.866. The largest absolute Gasteiger partial charge is 0.496 e. The van der Waals surface area contributed by atoms with Crippen LogP contribution >= 0.6 is 0 Å². The van der Waals surface area contributed by atoms with E-state index in [-0.39, 0.29) is 0 Å². The second-order valence-corrected chi connectivity index (χ2v) is 5.86. The van der Waals surface area contributed by atoms with Gasteiger partial charge in [0.15, 0.2) is 0 Å². The second-order valence-electron chi connectivity index (χ2n) is 5.86. The fourth-order valence-electron chi connectivity index (χ4n) is 3.41. The molecule has 2 nitrogen and oxygen atoms in total. The Labute approximate surface area is 117 Å². The van der Waals surface area contributed by atoms with E-state index >= 15 is 0 Å². The molecule has 0 aromatic heterocycles. The minimum Gasteiger partial charge on any atom is -0.496 e. The minimum atomic E-state index is 0.657. The van der Waals surface area contributed by atoms with Crippen molar-refractivity contribution in [1.82, 2.24) is 5.32 Å². The molecule has 19 heavy (non-hydrogen) atoms. The van der Waals surface area contributed by atoms with Gasteiger partial charge >= 0.3 is 0 Å². The van der Waals surface area contributed by atoms with Crippen molar-refractivity contribution in [2.45, 2.75) is 58.4 Å². The number of aryl methyl sites for hydroxylation is 2. The van der Waals surface area contributed by atoms with Gasteiger partial charge in [-0.25, -0.2) is 0 Å². The van der Waals surface area contributed by atoms with Crippen molar-refractivity contribution in [1.29, 1.82) is 0 Å². The number of benzene rings is 1. The lowest BCUT2D eigenvalue weighted by Gasteiger charge is -2.19. The van der Waals surface area contributed by atoms with Crippen LogP contribution in [-0.2, 0) is 0 Å². The molecule has 1 N–H and O–H groups in total. The van der Waals surface area contributed by atoms with E-state index in [2.05, 4.69) is 38.2 Å². The Balaban J connectivity index is 2.14. The summed E-state index contributed by atoms with van der Waals surface area (Å²) >= 11 is 0. The molecule has 2 heteroatoms. The molecule has 0 aliphatic heterocycles. The summed E-state index contributed by atoms with van der Waals surface area (Å²) in [7, 11) is 1.79. The molecule has 1 aromatic rings. The highest BCUT2D eigenvalue weighted by atomic mass is 16.5. The minimum absolute atomic E-state index is 0.657. The first kappa shape index (κ1) is 14.4. The first-order valence-corrected chi connectivity index (χ1v) is 7.54. The second kappa shape index (κ2) is 6.42. The van der Waals surface area contributed by atoms with Crippen LogP contribution in [0.15, 0.2) is 12.1 Å². The maximum atomic E-state index is 5.62. The summed E-state index contributed by atoms with van der Waals surface area (Å²) in [5, 5.41) is 3.66. The van der Waals surface area contributed by atoms with Crippen molar-refractivity contribution in [2.75, 3.05) is 13.7 Å². The van der Waals surface area contributed by atoms with Crippen LogP contribution in [0.1, 0.15) is 55.2 Å². The molecular weight excluding hydrogens is 234 g/mol. The van der Waals surface area contributed by atoms with Gasteiger partial charge < -0.3 is 10.1 Å². The molecule has 106 valence electrons. The van der Waals surface area contributed by atoms with Crippen LogP contribution in [0.5, 0.6) is 5.75 Å². The van der Waals surface area contributed by atoms with E-state index in [0.29, 0.717) is 12.0 Å². The molecule has 0 radical (unpaired) electrons. The Morgan fingerprint density at radius 2 is 2.05 bits per heavy atom. The Hall–Kier alpha value is -1.02. The molecule has 1 fully saturated rings. The van der Waals surface area contributed by atoms with Crippen LogP contribution in [0.3, 0.4) is 0 Å². The van der Waals surface area contributed by atoms with Gasteiger partial charge in [-0.05, 0) is 69.2 Å². The van der Waals surface area contributed by atoms with Crippen molar-refractivity contribution in [3.8, 4) is 5.75 Å². The zero-order valence-electron chi connectivity index (χ0n) is 12.8. The number of hydrogen-bond donors (Lipinski definition) is 1. The molecular formula is C17H27NO. The lowest BCUT2D eigenvalue weighted by molar-refractivity contribution is 0.403. The molecule has 2 atom stereocenters. The fraction of sp³-hybridized carbons (Fsp3) is 0.647. The van der Waals surface area contributed by atoms with Crippen molar-refractivity contribution in [3.63, 3.8) is 0 Å². The molecule has 1 aliphatic carbocycles. The highest BCUT2D eigenvalue weighted by Crippen LogP contribution is 2.41. The molecule has 2 unspecified atom stereocenters. The standard InChI is InChI=1S/C17H27NO/c1-5-8-18-15-7-6-14(11-15)17-13(3)9-12(2)10-16(17)19-4/h9-10,14-15,18H,5-8,11H2,1-4H3. The Morgan fingerprint density at radius 3 is 2.74 bits per heavy atom. The topological polar surface area (TPSA) is 21.3 Å². The molecule has 1 saturated carbocycles. The summed E-state index contributed by atoms with van der Waals surface area (Å²) in [5.74, 6) is 1.74. The number of hydrogen-bond acceptors (Lipinski definition) is 2. The zero-order valence-corrected chi connectivity index (χ0v) is 12.8. The van der Waals surface area contributed by atoms with Gasteiger partial charge in [0.1, 0.15) is 5.75 Å². The highest BCUT2D eigenvalue weighted by molar-refractivity contribution is 5.45. The molecule has 0 bridgehead atoms. The van der Waals surface area contributed by atoms with E-state index in [1.807, 2.05) is 0 Å². The summed E-state index contributed by atoms with van der Waals surface area (Å²) in [5.41, 5.74) is 4.11. The first-order chi connectivity index (χ1) is 9.15. The monoisotopic (exact) mass is 261 g/mol. The number of rotatable bonds is 5. The number of methoxy groups -OCH3 is 1. The van der Waals surface area contributed by atoms with Gasteiger partial charge in [0.2, 0.25) is 0 Å². The van der Waals surface area contributed by atoms with Crippen LogP contribution in [-0.4, -0.2) is 19.7 Å². The van der Waals surface area contributed by atoms with Crippen molar-refractivity contribution in [2.24, 2.45) is 0 Å². The van der Waals surface area contributed by atoms with Gasteiger partial charge in [0, 0.05) is 11.6 Å². The van der Waals surface area contributed by atoms with Gasteiger partial charge in [0.25, 0.3) is 0 Å². The van der Waals surface area contributed by atoms with E-state index in [4.69, 9.17) is 4.74 Å². The molecule has 0 spiro atoms. The van der Waals surface area contributed by atoms with E-state index in [1.165, 1.54) is 42.4 Å². The normalized spacial score (nSPS) is 22.7. The third-order valence-electron chi connectivity index (χ3n) is 4.24. The Morgan fingerprint density at radius 1 is 1.26 bits per heavy atom. The maximum absolute atomic E-state index is 5.62. The molecule has 2 rings (SSSR count). The van der Waals surface area contributed by atoms with Gasteiger partial charge in [-0.1, -0.05) is 13.0 Å². The van der Waals surface area contributed by atoms with E-state index in [1.54, 1.807) is 7.11 Å². The zero-order chi connectivity index (χ0) is 13.8. The lowest BCUT2D eigenvalue weighted by atomic mass is 9.91. The SMILES string of the molecule is CCCNC1CCC(c2c(C)cc(C)cc2OC)C1. The van der Waals surface area contributed by atoms with Gasteiger partial charge in [-0.2, -0.15) is 0 Å². The first-order valence-electron chi connectivity index (χ1n) is 7.54. The third-order valence-corrected chi connectivity index (χ3v) is 4.24. The number of ether oxygens (including phenoxy) is 1. The number of nitrogens with one attached hydrogen (secondary N) is 1. The summed E-state index contributed by atoms with van der Waals surface area (Å²) in [6, 6.07) is 5.15. The summed E-state index contributed by atoms with van der Waals surface area (Å²) in [6.45, 7) is 7.73. The van der Waals surface area contributed by atoms with E-state index < -0.39 is 0 Å². The van der Waals surface area contributed by atoms with Crippen molar-refractivity contribution < 1.29 is 4.74 Å². The van der Waals surface area contributed by atoms with Gasteiger partial charge in [-0.15, -0.1) is 0 Å². The average Bonchev–Trinajstić information content (AvgIpc) is 2.83. The van der Waals surface area contributed by atoms with E-state index in [9.17, 15) is 0 Å². The van der Waals surface area contributed by atoms with Crippen molar-refractivity contribution >= 4 is 0 Å². The highest BCUT2D eigenvalue weighted by Gasteiger charge is 2.28. The van der Waals surface area contributed by atoms with Crippen LogP contribution in [0.25, 0.3) is 0 Å². The molecule has 0 amide bonds. The fourth-order valence-corrected chi connectivity index (χ4v) is 3.41. The Bertz CT molecular complexity index is 428. The molecule has 1 aliphatic rings. The van der Waals surface area contributed by atoms with Crippen LogP contribution in [0.2, 0.25) is 0 Å². The van der Waals surface area contributed by atoms with Gasteiger partial charge in [0.05, 0.1) is 7.11 Å². The summed E-state index contributed by atoms with van der Waals surface area (Å²) in [4.78, 5) is 0. The predicted octanol–water partition coefficient (Wildman–Crippen LogP) is 3.95. The summed E-state index contributed by atoms with van der Waals surface area (Å²) in [6.07, 6.45) is 5.04. The van der Waals surface area contributed by atoms with Crippen LogP contribution in [0.4, 0.5) is 0 Å². The van der Waals surface area contributed by atoms with Crippen LogP contribution < -0.4 is 10.1 Å². The lowest BCUT2D eigenvalue weighted by Crippen LogP contribution is -2.26. The van der Waals surface area contributed by atoms with E-state index in [0.717, 1.165) is 12.3 Å². The Kier molecular flexibility index (Phi) is 4.87. The smallest absolute Gasteiger partial charge is 0.122 e. The average molecular weight is 261 g/mol. The molecule has 0 saturated heterocycles. The third kappa shape index (κ3) is 3.30. The summed E-state index contributed by atoms with van der Waals surface area (Å²) < 4.78 is 5.62.